The number of nitrogens with one attached hydrogen (secondary N) is 3. The monoisotopic (exact) mass is 830 g/mol. The molecule has 59 heavy (non-hydrogen) atoms. The molecule has 2 aromatic carbocycles. The van der Waals surface area contributed by atoms with Crippen LogP contribution in [0.5, 0.6) is 0 Å². The minimum absolute atomic E-state index is 0.00131. The molecule has 0 aromatic heterocycles. The van der Waals surface area contributed by atoms with E-state index in [1.165, 1.54) is 4.90 Å². The molecule has 1 atom stereocenters. The Bertz CT molecular complexity index is 1640. The number of hydrogen-bond donors (Lipinski definition) is 6. The standard InChI is InChI=1S/C40H58N6O13/c1-5-9-37(54)57-21-20-45(25-34(48)49)17-16-44(18-19-46(26-35(50)51)27-36(52)53)24-33(47)41-23-30-12-14-31(15-13-30)28-58-43-38(55)32(22-29-10-7-6-8-11-29)42-39(56)59-40(2,3)4/h6-8,10-15,32H,5,9,16-28H2,1-4H3,(H,41,47)(H,42,56)(H,43,55)(H,48,49)(H,50,51)(H,52,53)/t32-/m1/s1. The quantitative estimate of drug-likeness (QED) is 0.0525. The molecule has 0 unspecified atom stereocenters. The average molecular weight is 831 g/mol. The Morgan fingerprint density at radius 2 is 1.24 bits per heavy atom. The van der Waals surface area contributed by atoms with E-state index >= 15 is 0 Å². The van der Waals surface area contributed by atoms with Gasteiger partial charge in [-0.15, -0.1) is 0 Å². The van der Waals surface area contributed by atoms with Crippen LogP contribution in [0.2, 0.25) is 0 Å². The summed E-state index contributed by atoms with van der Waals surface area (Å²) in [4.78, 5) is 94.5. The van der Waals surface area contributed by atoms with Crippen LogP contribution >= 0.6 is 0 Å². The highest BCUT2D eigenvalue weighted by atomic mass is 16.7. The van der Waals surface area contributed by atoms with Gasteiger partial charge in [0.05, 0.1) is 32.8 Å². The molecule has 0 bridgehead atoms. The summed E-state index contributed by atoms with van der Waals surface area (Å²) in [5.74, 6) is -4.92. The number of benzene rings is 2. The van der Waals surface area contributed by atoms with Crippen LogP contribution in [0.25, 0.3) is 0 Å². The largest absolute Gasteiger partial charge is 0.480 e. The zero-order chi connectivity index (χ0) is 43.8. The van der Waals surface area contributed by atoms with Crippen molar-refractivity contribution < 1.29 is 63.2 Å². The molecule has 0 heterocycles. The molecule has 0 aliphatic carbocycles. The number of rotatable bonds is 28. The van der Waals surface area contributed by atoms with Gasteiger partial charge in [-0.05, 0) is 43.9 Å². The van der Waals surface area contributed by atoms with Gasteiger partial charge in [0.2, 0.25) is 5.91 Å². The molecule has 326 valence electrons. The molecule has 6 N–H and O–H groups in total. The molecule has 19 heteroatoms. The van der Waals surface area contributed by atoms with Crippen molar-refractivity contribution in [1.82, 2.24) is 30.8 Å². The maximum atomic E-state index is 13.1. The van der Waals surface area contributed by atoms with Gasteiger partial charge in [-0.25, -0.2) is 10.3 Å². The van der Waals surface area contributed by atoms with Crippen molar-refractivity contribution in [3.8, 4) is 0 Å². The summed E-state index contributed by atoms with van der Waals surface area (Å²) in [5, 5.41) is 33.3. The first kappa shape index (κ1) is 49.5. The van der Waals surface area contributed by atoms with E-state index in [1.807, 2.05) is 37.3 Å². The summed E-state index contributed by atoms with van der Waals surface area (Å²) in [7, 11) is 0. The lowest BCUT2D eigenvalue weighted by Gasteiger charge is -2.28. The highest BCUT2D eigenvalue weighted by Gasteiger charge is 2.25. The Labute approximate surface area is 343 Å². The van der Waals surface area contributed by atoms with Crippen LogP contribution in [-0.4, -0.2) is 149 Å². The number of alkyl carbamates (subject to hydrolysis) is 1. The van der Waals surface area contributed by atoms with Crippen LogP contribution in [-0.2, 0) is 62.7 Å². The average Bonchev–Trinajstić information content (AvgIpc) is 3.14. The normalized spacial score (nSPS) is 11.8. The smallest absolute Gasteiger partial charge is 0.408 e. The van der Waals surface area contributed by atoms with Gasteiger partial charge in [-0.1, -0.05) is 61.5 Å². The van der Waals surface area contributed by atoms with Crippen LogP contribution < -0.4 is 16.1 Å². The van der Waals surface area contributed by atoms with E-state index in [-0.39, 0.29) is 78.4 Å². The first-order valence-electron chi connectivity index (χ1n) is 19.2. The third kappa shape index (κ3) is 23.4. The number of aliphatic carboxylic acids is 3. The van der Waals surface area contributed by atoms with E-state index in [1.54, 1.807) is 54.8 Å². The number of ether oxygens (including phenoxy) is 2. The zero-order valence-electron chi connectivity index (χ0n) is 34.1. The molecule has 0 fully saturated rings. The van der Waals surface area contributed by atoms with Gasteiger partial charge in [-0.2, -0.15) is 0 Å². The fourth-order valence-corrected chi connectivity index (χ4v) is 5.44. The third-order valence-corrected chi connectivity index (χ3v) is 8.25. The lowest BCUT2D eigenvalue weighted by molar-refractivity contribution is -0.145. The predicted molar refractivity (Wildman–Crippen MR) is 213 cm³/mol. The van der Waals surface area contributed by atoms with Crippen LogP contribution in [0.1, 0.15) is 57.2 Å². The second-order valence-corrected chi connectivity index (χ2v) is 14.7. The van der Waals surface area contributed by atoms with Crippen molar-refractivity contribution in [3.63, 3.8) is 0 Å². The van der Waals surface area contributed by atoms with Crippen molar-refractivity contribution in [2.24, 2.45) is 0 Å². The predicted octanol–water partition coefficient (Wildman–Crippen LogP) is 1.49. The molecule has 0 saturated heterocycles. The van der Waals surface area contributed by atoms with Crippen LogP contribution in [0.3, 0.4) is 0 Å². The van der Waals surface area contributed by atoms with E-state index in [0.29, 0.717) is 12.0 Å². The van der Waals surface area contributed by atoms with Gasteiger partial charge < -0.3 is 35.4 Å². The van der Waals surface area contributed by atoms with Crippen LogP contribution in [0, 0.1) is 0 Å². The topological polar surface area (TPSA) is 254 Å². The fraction of sp³-hybridized carbons (Fsp3) is 0.525. The Balaban J connectivity index is 1.99. The Morgan fingerprint density at radius 1 is 0.695 bits per heavy atom. The summed E-state index contributed by atoms with van der Waals surface area (Å²) in [6.45, 7) is 6.02. The molecular formula is C40H58N6O13. The molecule has 2 aromatic rings. The lowest BCUT2D eigenvalue weighted by atomic mass is 10.1. The summed E-state index contributed by atoms with van der Waals surface area (Å²) in [6.07, 6.45) is 0.287. The van der Waals surface area contributed by atoms with Gasteiger partial charge in [-0.3, -0.25) is 48.3 Å². The van der Waals surface area contributed by atoms with Crippen molar-refractivity contribution in [1.29, 1.82) is 0 Å². The molecule has 0 saturated carbocycles. The van der Waals surface area contributed by atoms with E-state index in [9.17, 15) is 48.9 Å². The van der Waals surface area contributed by atoms with Crippen LogP contribution in [0.4, 0.5) is 4.79 Å². The van der Waals surface area contributed by atoms with Crippen molar-refractivity contribution >= 4 is 41.8 Å². The van der Waals surface area contributed by atoms with Gasteiger partial charge in [0.25, 0.3) is 5.91 Å². The summed E-state index contributed by atoms with van der Waals surface area (Å²) < 4.78 is 10.5. The molecular weight excluding hydrogens is 772 g/mol. The van der Waals surface area contributed by atoms with Crippen molar-refractivity contribution in [3.05, 3.63) is 71.3 Å². The first-order chi connectivity index (χ1) is 27.9. The minimum Gasteiger partial charge on any atom is -0.480 e. The molecule has 3 amide bonds. The maximum absolute atomic E-state index is 13.1. The second kappa shape index (κ2) is 26.4. The number of hydroxylamine groups is 1. The number of carbonyl (C=O) groups excluding carboxylic acids is 4. The van der Waals surface area contributed by atoms with E-state index < -0.39 is 66.5 Å². The van der Waals surface area contributed by atoms with E-state index in [4.69, 9.17) is 14.3 Å². The maximum Gasteiger partial charge on any atom is 0.408 e. The molecule has 0 spiro atoms. The van der Waals surface area contributed by atoms with Gasteiger partial charge in [0, 0.05) is 52.1 Å². The molecule has 2 rings (SSSR count). The van der Waals surface area contributed by atoms with E-state index in [0.717, 1.165) is 11.1 Å². The number of hydrogen-bond acceptors (Lipinski definition) is 13. The molecule has 0 aliphatic heterocycles. The lowest BCUT2D eigenvalue weighted by Crippen LogP contribution is -2.49. The van der Waals surface area contributed by atoms with Gasteiger partial charge >= 0.3 is 30.0 Å². The Kier molecular flexibility index (Phi) is 22.1. The number of carboxylic acids is 3. The number of amides is 3. The summed E-state index contributed by atoms with van der Waals surface area (Å²) in [5.41, 5.74) is 3.88. The molecule has 19 nitrogen and oxygen atoms in total. The number of carboxylic acid groups (broad SMARTS) is 3. The highest BCUT2D eigenvalue weighted by molar-refractivity contribution is 5.85. The van der Waals surface area contributed by atoms with Gasteiger partial charge in [0.15, 0.2) is 0 Å². The zero-order valence-corrected chi connectivity index (χ0v) is 34.1. The van der Waals surface area contributed by atoms with Crippen molar-refractivity contribution in [2.45, 2.75) is 71.8 Å². The SMILES string of the molecule is CCCC(=O)OCCN(CCN(CCN(CC(=O)O)CC(=O)O)CC(=O)NCc1ccc(CONC(=O)[C@@H](Cc2ccccc2)NC(=O)OC(C)(C)C)cc1)CC(=O)O. The van der Waals surface area contributed by atoms with Gasteiger partial charge in [0.1, 0.15) is 18.2 Å². The number of carbonyl (C=O) groups is 7. The fourth-order valence-electron chi connectivity index (χ4n) is 5.44. The first-order valence-corrected chi connectivity index (χ1v) is 19.2. The van der Waals surface area contributed by atoms with E-state index in [2.05, 4.69) is 16.1 Å². The highest BCUT2D eigenvalue weighted by Crippen LogP contribution is 2.10. The molecule has 0 radical (unpaired) electrons. The summed E-state index contributed by atoms with van der Waals surface area (Å²) in [6, 6.07) is 15.2. The van der Waals surface area contributed by atoms with Crippen molar-refractivity contribution in [2.75, 3.05) is 65.5 Å². The molecule has 0 aliphatic rings. The Hall–Kier alpha value is -5.63. The minimum atomic E-state index is -1.22. The third-order valence-electron chi connectivity index (χ3n) is 8.25. The summed E-state index contributed by atoms with van der Waals surface area (Å²) >= 11 is 0. The number of nitrogens with zero attached hydrogens (tertiary/aromatic N) is 3. The number of esters is 1. The second-order valence-electron chi connectivity index (χ2n) is 14.7. The van der Waals surface area contributed by atoms with Crippen LogP contribution in [0.15, 0.2) is 54.6 Å². The Morgan fingerprint density at radius 3 is 1.80 bits per heavy atom.